The average Bonchev–Trinajstić information content (AvgIpc) is 3.13. The summed E-state index contributed by atoms with van der Waals surface area (Å²) in [5.41, 5.74) is 1.41. The first kappa shape index (κ1) is 21.7. The maximum atomic E-state index is 13.2. The molecule has 29 heavy (non-hydrogen) atoms. The van der Waals surface area contributed by atoms with Gasteiger partial charge < -0.3 is 14.4 Å². The number of rotatable bonds is 5. The molecule has 0 aliphatic carbocycles. The molecule has 1 aliphatic rings. The summed E-state index contributed by atoms with van der Waals surface area (Å²) in [7, 11) is 1.34. The number of carbonyl (C=O) groups is 2. The van der Waals surface area contributed by atoms with Crippen LogP contribution in [0.4, 0.5) is 0 Å². The van der Waals surface area contributed by atoms with Gasteiger partial charge in [0.15, 0.2) is 0 Å². The number of carbonyl (C=O) groups excluding carboxylic acids is 2. The summed E-state index contributed by atoms with van der Waals surface area (Å²) in [6.07, 6.45) is 0.651. The van der Waals surface area contributed by atoms with Gasteiger partial charge >= 0.3 is 5.97 Å². The molecule has 0 aromatic heterocycles. The monoisotopic (exact) mass is 479 g/mol. The van der Waals surface area contributed by atoms with Gasteiger partial charge in [0.2, 0.25) is 0 Å². The molecule has 0 N–H and O–H groups in total. The molecule has 0 spiro atoms. The number of ether oxygens (including phenoxy) is 2. The Morgan fingerprint density at radius 2 is 1.86 bits per heavy atom. The number of hydrogen-bond donors (Lipinski definition) is 0. The molecule has 0 radical (unpaired) electrons. The van der Waals surface area contributed by atoms with Gasteiger partial charge in [0, 0.05) is 22.5 Å². The lowest BCUT2D eigenvalue weighted by molar-refractivity contribution is -0.145. The third-order valence-corrected chi connectivity index (χ3v) is 5.77. The molecule has 154 valence electrons. The molecule has 3 rings (SSSR count). The van der Waals surface area contributed by atoms with Gasteiger partial charge in [0.1, 0.15) is 11.8 Å². The van der Waals surface area contributed by atoms with E-state index in [9.17, 15) is 9.59 Å². The molecule has 2 atom stereocenters. The summed E-state index contributed by atoms with van der Waals surface area (Å²) in [5, 5.41) is 0.364. The number of methoxy groups -OCH3 is 1. The second kappa shape index (κ2) is 9.18. The number of halogens is 2. The number of likely N-dealkylation sites (tertiary alicyclic amines) is 1. The Kier molecular flexibility index (Phi) is 6.85. The molecule has 7 heteroatoms. The quantitative estimate of drug-likeness (QED) is 0.561. The van der Waals surface area contributed by atoms with Crippen molar-refractivity contribution in [3.63, 3.8) is 0 Å². The van der Waals surface area contributed by atoms with Crippen molar-refractivity contribution in [2.75, 3.05) is 13.7 Å². The first-order chi connectivity index (χ1) is 13.8. The van der Waals surface area contributed by atoms with Gasteiger partial charge in [-0.1, -0.05) is 39.7 Å². The van der Waals surface area contributed by atoms with Gasteiger partial charge in [-0.3, -0.25) is 4.79 Å². The molecule has 1 saturated heterocycles. The minimum absolute atomic E-state index is 0.0250. The van der Waals surface area contributed by atoms with Crippen molar-refractivity contribution in [3.8, 4) is 5.75 Å². The fourth-order valence-corrected chi connectivity index (χ4v) is 4.13. The molecular formula is C22H23BrClNO4. The Morgan fingerprint density at radius 1 is 1.17 bits per heavy atom. The van der Waals surface area contributed by atoms with Crippen molar-refractivity contribution in [2.24, 2.45) is 0 Å². The van der Waals surface area contributed by atoms with E-state index in [2.05, 4.69) is 15.9 Å². The first-order valence-electron chi connectivity index (χ1n) is 9.42. The second-order valence-electron chi connectivity index (χ2n) is 7.23. The number of benzene rings is 2. The predicted octanol–water partition coefficient (Wildman–Crippen LogP) is 5.06. The van der Waals surface area contributed by atoms with Crippen LogP contribution in [0.2, 0.25) is 5.02 Å². The normalized spacial score (nSPS) is 18.8. The average molecular weight is 481 g/mol. The van der Waals surface area contributed by atoms with Gasteiger partial charge in [-0.2, -0.15) is 0 Å². The van der Waals surface area contributed by atoms with Crippen molar-refractivity contribution < 1.29 is 19.1 Å². The van der Waals surface area contributed by atoms with E-state index in [0.717, 1.165) is 10.0 Å². The van der Waals surface area contributed by atoms with E-state index in [0.29, 0.717) is 29.3 Å². The van der Waals surface area contributed by atoms with Crippen LogP contribution in [-0.2, 0) is 9.53 Å². The van der Waals surface area contributed by atoms with Crippen LogP contribution in [0, 0.1) is 0 Å². The largest absolute Gasteiger partial charge is 0.489 e. The van der Waals surface area contributed by atoms with E-state index in [1.165, 1.54) is 7.11 Å². The van der Waals surface area contributed by atoms with Gasteiger partial charge in [-0.15, -0.1) is 0 Å². The zero-order valence-corrected chi connectivity index (χ0v) is 18.9. The minimum Gasteiger partial charge on any atom is -0.489 e. The second-order valence-corrected chi connectivity index (χ2v) is 8.55. The highest BCUT2D eigenvalue weighted by Gasteiger charge is 2.43. The molecule has 0 saturated carbocycles. The molecule has 1 aliphatic heterocycles. The summed E-state index contributed by atoms with van der Waals surface area (Å²) in [4.78, 5) is 27.4. The molecule has 2 aromatic carbocycles. The zero-order chi connectivity index (χ0) is 21.1. The standard InChI is InChI=1S/C22H23BrClNO4/c1-13(2)29-19-9-6-15(12-18(19)24)21(26)25-11-10-17(20(25)22(27)28-3)14-4-7-16(23)8-5-14/h4-9,12-13,17,20H,10-11H2,1-3H3. The van der Waals surface area contributed by atoms with Crippen LogP contribution >= 0.6 is 27.5 Å². The third-order valence-electron chi connectivity index (χ3n) is 4.94. The number of amides is 1. The predicted molar refractivity (Wildman–Crippen MR) is 116 cm³/mol. The van der Waals surface area contributed by atoms with Crippen LogP contribution < -0.4 is 4.74 Å². The maximum Gasteiger partial charge on any atom is 0.329 e. The van der Waals surface area contributed by atoms with Gasteiger partial charge in [0.05, 0.1) is 18.2 Å². The van der Waals surface area contributed by atoms with Crippen molar-refractivity contribution in [2.45, 2.75) is 38.3 Å². The van der Waals surface area contributed by atoms with Crippen LogP contribution in [0.15, 0.2) is 46.9 Å². The highest BCUT2D eigenvalue weighted by Crippen LogP contribution is 2.36. The Bertz CT molecular complexity index is 900. The molecule has 2 aromatic rings. The maximum absolute atomic E-state index is 13.2. The van der Waals surface area contributed by atoms with E-state index in [-0.39, 0.29) is 17.9 Å². The summed E-state index contributed by atoms with van der Waals surface area (Å²) in [6.45, 7) is 4.27. The van der Waals surface area contributed by atoms with Gasteiger partial charge in [0.25, 0.3) is 5.91 Å². The highest BCUT2D eigenvalue weighted by atomic mass is 79.9. The lowest BCUT2D eigenvalue weighted by atomic mass is 9.91. The fourth-order valence-electron chi connectivity index (χ4n) is 3.64. The molecule has 1 heterocycles. The van der Waals surface area contributed by atoms with E-state index < -0.39 is 12.0 Å². The highest BCUT2D eigenvalue weighted by molar-refractivity contribution is 9.10. The van der Waals surface area contributed by atoms with Crippen molar-refractivity contribution in [1.82, 2.24) is 4.90 Å². The Hall–Kier alpha value is -2.05. The summed E-state index contributed by atoms with van der Waals surface area (Å²) in [6, 6.07) is 12.1. The summed E-state index contributed by atoms with van der Waals surface area (Å²) in [5.74, 6) is -0.275. The van der Waals surface area contributed by atoms with Gasteiger partial charge in [-0.25, -0.2) is 4.79 Å². The summed E-state index contributed by atoms with van der Waals surface area (Å²) >= 11 is 9.72. The van der Waals surface area contributed by atoms with Gasteiger partial charge in [-0.05, 0) is 56.2 Å². The Labute approximate surface area is 184 Å². The number of nitrogens with zero attached hydrogens (tertiary/aromatic N) is 1. The Morgan fingerprint density at radius 3 is 2.45 bits per heavy atom. The molecule has 2 unspecified atom stereocenters. The van der Waals surface area contributed by atoms with E-state index in [1.807, 2.05) is 38.1 Å². The smallest absolute Gasteiger partial charge is 0.329 e. The van der Waals surface area contributed by atoms with E-state index in [1.54, 1.807) is 23.1 Å². The number of hydrogen-bond acceptors (Lipinski definition) is 4. The lowest BCUT2D eigenvalue weighted by Crippen LogP contribution is -2.43. The van der Waals surface area contributed by atoms with E-state index >= 15 is 0 Å². The van der Waals surface area contributed by atoms with Crippen LogP contribution in [0.5, 0.6) is 5.75 Å². The minimum atomic E-state index is -0.681. The molecule has 1 fully saturated rings. The fraction of sp³-hybridized carbons (Fsp3) is 0.364. The first-order valence-corrected chi connectivity index (χ1v) is 10.6. The molecular weight excluding hydrogens is 458 g/mol. The van der Waals surface area contributed by atoms with Crippen LogP contribution in [0.3, 0.4) is 0 Å². The van der Waals surface area contributed by atoms with E-state index in [4.69, 9.17) is 21.1 Å². The van der Waals surface area contributed by atoms with Crippen molar-refractivity contribution in [1.29, 1.82) is 0 Å². The molecule has 1 amide bonds. The van der Waals surface area contributed by atoms with Crippen LogP contribution in [-0.4, -0.2) is 42.6 Å². The molecule has 5 nitrogen and oxygen atoms in total. The third kappa shape index (κ3) is 4.75. The zero-order valence-electron chi connectivity index (χ0n) is 16.5. The Balaban J connectivity index is 1.88. The number of esters is 1. The van der Waals surface area contributed by atoms with Crippen molar-refractivity contribution in [3.05, 3.63) is 63.1 Å². The summed E-state index contributed by atoms with van der Waals surface area (Å²) < 4.78 is 11.6. The molecule has 0 bridgehead atoms. The lowest BCUT2D eigenvalue weighted by Gasteiger charge is -2.26. The van der Waals surface area contributed by atoms with Crippen molar-refractivity contribution >= 4 is 39.4 Å². The van der Waals surface area contributed by atoms with Crippen LogP contribution in [0.1, 0.15) is 42.1 Å². The SMILES string of the molecule is COC(=O)C1C(c2ccc(Br)cc2)CCN1C(=O)c1ccc(OC(C)C)c(Cl)c1. The topological polar surface area (TPSA) is 55.8 Å². The van der Waals surface area contributed by atoms with Crippen LogP contribution in [0.25, 0.3) is 0 Å².